The lowest BCUT2D eigenvalue weighted by atomic mass is 9.99. The minimum atomic E-state index is -4.72. The van der Waals surface area contributed by atoms with Crippen molar-refractivity contribution in [2.45, 2.75) is 75.0 Å². The Morgan fingerprint density at radius 2 is 1.65 bits per heavy atom. The number of H-pyrrole nitrogens is 1. The lowest BCUT2D eigenvalue weighted by Gasteiger charge is -2.42. The smallest absolute Gasteiger partial charge is 0.418 e. The second kappa shape index (κ2) is 14.3. The summed E-state index contributed by atoms with van der Waals surface area (Å²) < 4.78 is 48.9. The van der Waals surface area contributed by atoms with E-state index in [0.29, 0.717) is 49.9 Å². The van der Waals surface area contributed by atoms with Crippen LogP contribution < -0.4 is 11.4 Å². The fourth-order valence-corrected chi connectivity index (χ4v) is 8.69. The van der Waals surface area contributed by atoms with Crippen LogP contribution in [0.3, 0.4) is 0 Å². The number of likely N-dealkylation sites (N-methyl/N-ethyl adjacent to an activating group) is 1. The molecule has 51 heavy (non-hydrogen) atoms. The third-order valence-electron chi connectivity index (χ3n) is 11.0. The van der Waals surface area contributed by atoms with Gasteiger partial charge in [-0.1, -0.05) is 30.3 Å². The van der Waals surface area contributed by atoms with Gasteiger partial charge in [0, 0.05) is 73.9 Å². The molecular formula is C35H42BrF3N8O4. The molecular weight excluding hydrogens is 733 g/mol. The third-order valence-corrected chi connectivity index (χ3v) is 11.6. The number of amides is 2. The molecule has 3 N–H and O–H groups in total. The van der Waals surface area contributed by atoms with Crippen molar-refractivity contribution in [1.82, 2.24) is 34.4 Å². The summed E-state index contributed by atoms with van der Waals surface area (Å²) in [6.45, 7) is 3.49. The van der Waals surface area contributed by atoms with E-state index in [4.69, 9.17) is 10.5 Å². The molecule has 2 unspecified atom stereocenters. The Bertz CT molecular complexity index is 1800. The van der Waals surface area contributed by atoms with Gasteiger partial charge in [0.25, 0.3) is 5.91 Å². The molecule has 3 atom stereocenters. The molecule has 0 radical (unpaired) electrons. The van der Waals surface area contributed by atoms with Crippen molar-refractivity contribution in [3.63, 3.8) is 0 Å². The van der Waals surface area contributed by atoms with Crippen LogP contribution in [0.15, 0.2) is 51.7 Å². The van der Waals surface area contributed by atoms with Gasteiger partial charge in [-0.3, -0.25) is 14.7 Å². The number of piperidine rings is 2. The largest absolute Gasteiger partial charge is 0.436 e. The van der Waals surface area contributed by atoms with Gasteiger partial charge in [0.05, 0.1) is 17.3 Å². The predicted molar refractivity (Wildman–Crippen MR) is 187 cm³/mol. The zero-order valence-electron chi connectivity index (χ0n) is 28.3. The average molecular weight is 776 g/mol. The predicted octanol–water partition coefficient (Wildman–Crippen LogP) is 4.37. The third kappa shape index (κ3) is 7.40. The summed E-state index contributed by atoms with van der Waals surface area (Å²) in [6, 6.07) is 12.8. The Balaban J connectivity index is 1.03. The number of benzene rings is 2. The summed E-state index contributed by atoms with van der Waals surface area (Å²) in [6.07, 6.45) is -3.49. The lowest BCUT2D eigenvalue weighted by Crippen LogP contribution is -2.54. The number of halogens is 4. The standard InChI is InChI=1S/C35H42BrF3N8O4/c1-43-19-26-18-25(43)20-46(26)23-7-11-44(12-8-23)32(48)29(17-21-15-27(35(37,38)39)30(40)28(36)16-21)51-34(50)45-13-9-24(10-14-45)47-33(49)41-31(42-47)22-5-3-2-4-6-22/h2-6,15-16,23-26,29H,7-14,17-20,40H2,1H3,(H,41,42,49)/t25?,26?,29-/m1/s1. The van der Waals surface area contributed by atoms with E-state index in [-0.39, 0.29) is 41.3 Å². The van der Waals surface area contributed by atoms with Crippen molar-refractivity contribution in [3.8, 4) is 11.4 Å². The van der Waals surface area contributed by atoms with Crippen molar-refractivity contribution in [3.05, 3.63) is 68.5 Å². The number of carbonyl (C=O) groups excluding carboxylic acids is 2. The molecule has 4 saturated heterocycles. The summed E-state index contributed by atoms with van der Waals surface area (Å²) in [7, 11) is 2.16. The first-order valence-electron chi connectivity index (χ1n) is 17.5. The summed E-state index contributed by atoms with van der Waals surface area (Å²) in [4.78, 5) is 51.3. The topological polar surface area (TPSA) is 133 Å². The van der Waals surface area contributed by atoms with E-state index < -0.39 is 35.5 Å². The number of ether oxygens (including phenoxy) is 1. The first-order valence-corrected chi connectivity index (χ1v) is 18.2. The maximum Gasteiger partial charge on any atom is 0.418 e. The maximum atomic E-state index is 14.0. The number of aromatic nitrogens is 3. The van der Waals surface area contributed by atoms with Gasteiger partial charge in [0.1, 0.15) is 0 Å². The van der Waals surface area contributed by atoms with E-state index in [1.165, 1.54) is 15.6 Å². The van der Waals surface area contributed by atoms with Gasteiger partial charge in [-0.05, 0) is 72.8 Å². The first kappa shape index (κ1) is 35.5. The minimum absolute atomic E-state index is 0.0438. The lowest BCUT2D eigenvalue weighted by molar-refractivity contribution is -0.142. The molecule has 0 aliphatic carbocycles. The first-order chi connectivity index (χ1) is 24.4. The number of piperazine rings is 1. The Hall–Kier alpha value is -3.89. The number of hydrogen-bond acceptors (Lipinski definition) is 8. The number of anilines is 1. The fourth-order valence-electron chi connectivity index (χ4n) is 8.18. The number of carbonyl (C=O) groups is 2. The van der Waals surface area contributed by atoms with Crippen molar-refractivity contribution in [1.29, 1.82) is 0 Å². The number of fused-ring (bicyclic) bond motifs is 2. The quantitative estimate of drug-likeness (QED) is 0.339. The summed E-state index contributed by atoms with van der Waals surface area (Å²) >= 11 is 3.13. The summed E-state index contributed by atoms with van der Waals surface area (Å²) in [5, 5.41) is 4.49. The molecule has 2 bridgehead atoms. The van der Waals surface area contributed by atoms with Gasteiger partial charge in [-0.2, -0.15) is 13.2 Å². The molecule has 274 valence electrons. The molecule has 2 aromatic carbocycles. The Morgan fingerprint density at radius 1 is 0.980 bits per heavy atom. The number of nitrogens with two attached hydrogens (primary N) is 1. The molecule has 4 fully saturated rings. The van der Waals surface area contributed by atoms with Crippen molar-refractivity contribution in [2.75, 3.05) is 52.0 Å². The van der Waals surface area contributed by atoms with E-state index >= 15 is 0 Å². The average Bonchev–Trinajstić information content (AvgIpc) is 3.83. The van der Waals surface area contributed by atoms with Crippen LogP contribution in [0.1, 0.15) is 49.3 Å². The zero-order chi connectivity index (χ0) is 36.0. The van der Waals surface area contributed by atoms with E-state index in [1.54, 1.807) is 4.90 Å². The highest BCUT2D eigenvalue weighted by molar-refractivity contribution is 9.10. The monoisotopic (exact) mass is 774 g/mol. The highest BCUT2D eigenvalue weighted by Crippen LogP contribution is 2.39. The van der Waals surface area contributed by atoms with Crippen LogP contribution >= 0.6 is 15.9 Å². The van der Waals surface area contributed by atoms with Gasteiger partial charge in [-0.25, -0.2) is 14.3 Å². The number of nitrogen functional groups attached to an aromatic ring is 1. The van der Waals surface area contributed by atoms with Crippen LogP contribution in [-0.4, -0.2) is 117 Å². The van der Waals surface area contributed by atoms with E-state index in [9.17, 15) is 27.6 Å². The SMILES string of the molecule is CN1CC2CC1CN2C1CCN(C(=O)[C@@H](Cc2cc(Br)c(N)c(C(F)(F)F)c2)OC(=O)N2CCC(n3nc(-c4ccccc4)[nH]c3=O)CC2)CC1. The number of hydrogen-bond donors (Lipinski definition) is 2. The Morgan fingerprint density at radius 3 is 2.27 bits per heavy atom. The van der Waals surface area contributed by atoms with Gasteiger partial charge in [0.15, 0.2) is 11.9 Å². The van der Waals surface area contributed by atoms with Gasteiger partial charge >= 0.3 is 18.0 Å². The normalized spacial score (nSPS) is 22.8. The minimum Gasteiger partial charge on any atom is -0.436 e. The Labute approximate surface area is 301 Å². The molecule has 2 amide bonds. The molecule has 4 aliphatic heterocycles. The molecule has 0 spiro atoms. The van der Waals surface area contributed by atoms with Crippen LogP contribution in [0.2, 0.25) is 0 Å². The van der Waals surface area contributed by atoms with Crippen LogP contribution in [0.4, 0.5) is 23.7 Å². The number of rotatable bonds is 7. The van der Waals surface area contributed by atoms with Gasteiger partial charge in [-0.15, -0.1) is 5.10 Å². The molecule has 3 aromatic rings. The van der Waals surface area contributed by atoms with Crippen molar-refractivity contribution in [2.24, 2.45) is 0 Å². The molecule has 0 saturated carbocycles. The number of nitrogens with zero attached hydrogens (tertiary/aromatic N) is 6. The van der Waals surface area contributed by atoms with Crippen molar-refractivity contribution < 1.29 is 27.5 Å². The second-order valence-electron chi connectivity index (χ2n) is 14.2. The second-order valence-corrected chi connectivity index (χ2v) is 15.0. The van der Waals surface area contributed by atoms with Crippen LogP contribution in [0, 0.1) is 0 Å². The zero-order valence-corrected chi connectivity index (χ0v) is 29.9. The summed E-state index contributed by atoms with van der Waals surface area (Å²) in [5.74, 6) is 0.0217. The highest BCUT2D eigenvalue weighted by atomic mass is 79.9. The van der Waals surface area contributed by atoms with Crippen LogP contribution in [-0.2, 0) is 22.1 Å². The molecule has 4 aliphatic rings. The van der Waals surface area contributed by atoms with Gasteiger partial charge in [0.2, 0.25) is 0 Å². The summed E-state index contributed by atoms with van der Waals surface area (Å²) in [5.41, 5.74) is 4.86. The fraction of sp³-hybridized carbons (Fsp3) is 0.543. The van der Waals surface area contributed by atoms with E-state index in [2.05, 4.69) is 42.9 Å². The van der Waals surface area contributed by atoms with Crippen LogP contribution in [0.25, 0.3) is 11.4 Å². The molecule has 7 rings (SSSR count). The number of likely N-dealkylation sites (tertiary alicyclic amines) is 4. The molecule has 16 heteroatoms. The van der Waals surface area contributed by atoms with E-state index in [1.807, 2.05) is 30.3 Å². The van der Waals surface area contributed by atoms with E-state index in [0.717, 1.165) is 44.0 Å². The molecule has 5 heterocycles. The van der Waals surface area contributed by atoms with Crippen molar-refractivity contribution >= 4 is 33.6 Å². The number of aromatic amines is 1. The van der Waals surface area contributed by atoms with Crippen LogP contribution in [0.5, 0.6) is 0 Å². The molecule has 12 nitrogen and oxygen atoms in total. The number of alkyl halides is 3. The number of nitrogens with one attached hydrogen (secondary N) is 1. The Kier molecular flexibility index (Phi) is 9.93. The van der Waals surface area contributed by atoms with Gasteiger partial charge < -0.3 is 25.2 Å². The highest BCUT2D eigenvalue weighted by Gasteiger charge is 2.45. The maximum absolute atomic E-state index is 14.0. The molecule has 1 aromatic heterocycles.